The van der Waals surface area contributed by atoms with Gasteiger partial charge in [-0.15, -0.1) is 0 Å². The molecule has 2 bridgehead atoms. The number of aliphatic hydroxyl groups excluding tert-OH is 2. The molecule has 1 aromatic carbocycles. The van der Waals surface area contributed by atoms with Gasteiger partial charge in [-0.05, 0) is 24.0 Å². The average Bonchev–Trinajstić information content (AvgIpc) is 3.06. The molecule has 2 heterocycles. The van der Waals surface area contributed by atoms with E-state index in [4.69, 9.17) is 4.74 Å². The first kappa shape index (κ1) is 12.9. The molecule has 2 saturated heterocycles. The van der Waals surface area contributed by atoms with Crippen molar-refractivity contribution in [1.29, 1.82) is 0 Å². The molecule has 0 spiro atoms. The number of fused-ring (bicyclic) bond motifs is 2. The topological polar surface area (TPSA) is 49.7 Å². The van der Waals surface area contributed by atoms with Crippen molar-refractivity contribution < 1.29 is 14.9 Å². The van der Waals surface area contributed by atoms with E-state index in [-0.39, 0.29) is 30.7 Å². The highest BCUT2D eigenvalue weighted by atomic mass is 16.5. The minimum absolute atomic E-state index is 0.0123. The summed E-state index contributed by atoms with van der Waals surface area (Å²) < 4.78 is 5.84. The quantitative estimate of drug-likeness (QED) is 0.872. The molecule has 102 valence electrons. The first-order valence-electron chi connectivity index (χ1n) is 6.91. The van der Waals surface area contributed by atoms with Crippen molar-refractivity contribution in [2.75, 3.05) is 6.61 Å². The lowest BCUT2D eigenvalue weighted by Crippen LogP contribution is -2.34. The summed E-state index contributed by atoms with van der Waals surface area (Å²) in [5.41, 5.74) is 1.93. The predicted molar refractivity (Wildman–Crippen MR) is 73.5 cm³/mol. The number of ether oxygens (including phenoxy) is 1. The second-order valence-corrected chi connectivity index (χ2v) is 5.53. The van der Waals surface area contributed by atoms with E-state index in [0.717, 1.165) is 24.0 Å². The van der Waals surface area contributed by atoms with E-state index in [1.54, 1.807) is 6.08 Å². The average molecular weight is 260 g/mol. The van der Waals surface area contributed by atoms with Gasteiger partial charge in [0.15, 0.2) is 0 Å². The molecule has 5 unspecified atom stereocenters. The van der Waals surface area contributed by atoms with Crippen LogP contribution in [0, 0.1) is 11.8 Å². The molecule has 2 aliphatic heterocycles. The molecule has 0 radical (unpaired) electrons. The van der Waals surface area contributed by atoms with Crippen LogP contribution >= 0.6 is 0 Å². The lowest BCUT2D eigenvalue weighted by atomic mass is 9.75. The molecule has 5 atom stereocenters. The minimum atomic E-state index is -0.564. The number of hydrogen-bond acceptors (Lipinski definition) is 3. The third kappa shape index (κ3) is 2.12. The Hall–Kier alpha value is -1.16. The van der Waals surface area contributed by atoms with Crippen LogP contribution in [-0.4, -0.2) is 29.0 Å². The summed E-state index contributed by atoms with van der Waals surface area (Å²) in [5, 5.41) is 20.1. The Bertz CT molecular complexity index is 454. The maximum absolute atomic E-state index is 10.6. The van der Waals surface area contributed by atoms with Crippen LogP contribution in [0.1, 0.15) is 30.1 Å². The molecule has 0 amide bonds. The molecular formula is C16H20O3. The summed E-state index contributed by atoms with van der Waals surface area (Å²) in [6, 6.07) is 7.77. The number of benzene rings is 1. The van der Waals surface area contributed by atoms with Crippen LogP contribution < -0.4 is 0 Å². The molecule has 3 nitrogen and oxygen atoms in total. The molecule has 19 heavy (non-hydrogen) atoms. The van der Waals surface area contributed by atoms with Crippen LogP contribution in [0.25, 0.3) is 6.08 Å². The van der Waals surface area contributed by atoms with Crippen LogP contribution in [0.4, 0.5) is 0 Å². The SMILES string of the molecule is C=Cc1ccc(C(O)C2C3CCC(O3)C2CO)cc1. The molecule has 2 aliphatic rings. The normalized spacial score (nSPS) is 34.4. The smallest absolute Gasteiger partial charge is 0.0847 e. The van der Waals surface area contributed by atoms with Crippen LogP contribution in [0.2, 0.25) is 0 Å². The Morgan fingerprint density at radius 3 is 2.58 bits per heavy atom. The minimum Gasteiger partial charge on any atom is -0.396 e. The highest BCUT2D eigenvalue weighted by Gasteiger charge is 2.51. The maximum atomic E-state index is 10.6. The van der Waals surface area contributed by atoms with E-state index in [1.165, 1.54) is 0 Å². The summed E-state index contributed by atoms with van der Waals surface area (Å²) in [6.45, 7) is 3.81. The van der Waals surface area contributed by atoms with Crippen LogP contribution in [-0.2, 0) is 4.74 Å². The van der Waals surface area contributed by atoms with Gasteiger partial charge in [0, 0.05) is 18.4 Å². The van der Waals surface area contributed by atoms with Gasteiger partial charge in [0.2, 0.25) is 0 Å². The third-order valence-electron chi connectivity index (χ3n) is 4.58. The molecular weight excluding hydrogens is 240 g/mol. The molecule has 2 fully saturated rings. The Labute approximate surface area is 113 Å². The second kappa shape index (κ2) is 5.08. The lowest BCUT2D eigenvalue weighted by molar-refractivity contribution is 0.0304. The largest absolute Gasteiger partial charge is 0.396 e. The molecule has 0 aromatic heterocycles. The number of hydrogen-bond donors (Lipinski definition) is 2. The van der Waals surface area contributed by atoms with Crippen LogP contribution in [0.15, 0.2) is 30.8 Å². The van der Waals surface area contributed by atoms with Crippen LogP contribution in [0.5, 0.6) is 0 Å². The van der Waals surface area contributed by atoms with E-state index >= 15 is 0 Å². The predicted octanol–water partition coefficient (Wildman–Crippen LogP) is 2.15. The zero-order valence-corrected chi connectivity index (χ0v) is 10.9. The Morgan fingerprint density at radius 1 is 1.26 bits per heavy atom. The van der Waals surface area contributed by atoms with E-state index in [2.05, 4.69) is 6.58 Å². The monoisotopic (exact) mass is 260 g/mol. The van der Waals surface area contributed by atoms with Crippen molar-refractivity contribution in [2.45, 2.75) is 31.2 Å². The third-order valence-corrected chi connectivity index (χ3v) is 4.58. The van der Waals surface area contributed by atoms with Gasteiger partial charge in [0.1, 0.15) is 0 Å². The molecule has 0 aliphatic carbocycles. The van der Waals surface area contributed by atoms with Gasteiger partial charge in [-0.1, -0.05) is 36.9 Å². The summed E-state index contributed by atoms with van der Waals surface area (Å²) in [5.74, 6) is 0.0751. The van der Waals surface area contributed by atoms with Crippen molar-refractivity contribution in [1.82, 2.24) is 0 Å². The van der Waals surface area contributed by atoms with Gasteiger partial charge >= 0.3 is 0 Å². The standard InChI is InChI=1S/C16H20O3/c1-2-10-3-5-11(6-4-10)16(18)15-12(9-17)13-7-8-14(15)19-13/h2-6,12-18H,1,7-9H2. The molecule has 3 heteroatoms. The summed E-state index contributed by atoms with van der Waals surface area (Å²) in [7, 11) is 0. The Morgan fingerprint density at radius 2 is 1.95 bits per heavy atom. The first-order chi connectivity index (χ1) is 9.24. The maximum Gasteiger partial charge on any atom is 0.0847 e. The van der Waals surface area contributed by atoms with E-state index in [1.807, 2.05) is 24.3 Å². The van der Waals surface area contributed by atoms with Crippen molar-refractivity contribution >= 4 is 6.08 Å². The number of rotatable bonds is 4. The van der Waals surface area contributed by atoms with Crippen LogP contribution in [0.3, 0.4) is 0 Å². The summed E-state index contributed by atoms with van der Waals surface area (Å²) in [4.78, 5) is 0. The molecule has 1 aromatic rings. The number of aliphatic hydroxyl groups is 2. The van der Waals surface area contributed by atoms with E-state index in [9.17, 15) is 10.2 Å². The van der Waals surface area contributed by atoms with Crippen molar-refractivity contribution in [3.63, 3.8) is 0 Å². The summed E-state index contributed by atoms with van der Waals surface area (Å²) in [6.07, 6.45) is 3.44. The Balaban J connectivity index is 1.82. The zero-order chi connectivity index (χ0) is 13.4. The summed E-state index contributed by atoms with van der Waals surface area (Å²) >= 11 is 0. The van der Waals surface area contributed by atoms with Crippen molar-refractivity contribution in [2.24, 2.45) is 11.8 Å². The van der Waals surface area contributed by atoms with E-state index < -0.39 is 6.10 Å². The Kier molecular flexibility index (Phi) is 3.44. The van der Waals surface area contributed by atoms with Gasteiger partial charge in [-0.2, -0.15) is 0 Å². The zero-order valence-electron chi connectivity index (χ0n) is 10.9. The van der Waals surface area contributed by atoms with Gasteiger partial charge < -0.3 is 14.9 Å². The lowest BCUT2D eigenvalue weighted by Gasteiger charge is -2.30. The fourth-order valence-electron chi connectivity index (χ4n) is 3.54. The highest BCUT2D eigenvalue weighted by molar-refractivity contribution is 5.47. The molecule has 3 rings (SSSR count). The van der Waals surface area contributed by atoms with Gasteiger partial charge in [-0.3, -0.25) is 0 Å². The van der Waals surface area contributed by atoms with E-state index in [0.29, 0.717) is 0 Å². The van der Waals surface area contributed by atoms with Gasteiger partial charge in [0.05, 0.1) is 18.3 Å². The fourth-order valence-corrected chi connectivity index (χ4v) is 3.54. The first-order valence-corrected chi connectivity index (χ1v) is 6.91. The van der Waals surface area contributed by atoms with Crippen molar-refractivity contribution in [3.8, 4) is 0 Å². The molecule has 2 N–H and O–H groups in total. The molecule has 0 saturated carbocycles. The van der Waals surface area contributed by atoms with Gasteiger partial charge in [0.25, 0.3) is 0 Å². The van der Waals surface area contributed by atoms with Gasteiger partial charge in [-0.25, -0.2) is 0 Å². The second-order valence-electron chi connectivity index (χ2n) is 5.53. The van der Waals surface area contributed by atoms with Crippen molar-refractivity contribution in [3.05, 3.63) is 42.0 Å². The highest BCUT2D eigenvalue weighted by Crippen LogP contribution is 2.48. The fraction of sp³-hybridized carbons (Fsp3) is 0.500.